The molecule has 0 aromatic carbocycles. The summed E-state index contributed by atoms with van der Waals surface area (Å²) in [6.07, 6.45) is 8.50. The van der Waals surface area contributed by atoms with Crippen LogP contribution in [-0.2, 0) is 6.42 Å². The van der Waals surface area contributed by atoms with E-state index < -0.39 is 0 Å². The summed E-state index contributed by atoms with van der Waals surface area (Å²) < 4.78 is 2.33. The largest absolute Gasteiger partial charge is 0.351 e. The monoisotopic (exact) mass is 192 g/mol. The molecule has 0 spiro atoms. The van der Waals surface area contributed by atoms with Gasteiger partial charge in [0.25, 0.3) is 0 Å². The van der Waals surface area contributed by atoms with Crippen LogP contribution in [-0.4, -0.2) is 11.6 Å². The highest BCUT2D eigenvalue weighted by molar-refractivity contribution is 5.30. The van der Waals surface area contributed by atoms with Crippen molar-refractivity contribution in [3.63, 3.8) is 0 Å². The van der Waals surface area contributed by atoms with Crippen molar-refractivity contribution in [2.75, 3.05) is 7.05 Å². The van der Waals surface area contributed by atoms with E-state index in [1.807, 2.05) is 0 Å². The molecular formula is C12H20N2. The van der Waals surface area contributed by atoms with E-state index in [9.17, 15) is 0 Å². The number of hydrogen-bond acceptors (Lipinski definition) is 1. The van der Waals surface area contributed by atoms with Crippen LogP contribution in [0.2, 0.25) is 0 Å². The van der Waals surface area contributed by atoms with Gasteiger partial charge in [-0.05, 0) is 51.3 Å². The molecule has 1 unspecified atom stereocenters. The molecule has 1 aliphatic carbocycles. The Hall–Kier alpha value is -0.760. The van der Waals surface area contributed by atoms with E-state index >= 15 is 0 Å². The van der Waals surface area contributed by atoms with Gasteiger partial charge in [-0.15, -0.1) is 0 Å². The zero-order valence-electron chi connectivity index (χ0n) is 9.38. The van der Waals surface area contributed by atoms with E-state index in [-0.39, 0.29) is 0 Å². The molecule has 1 heterocycles. The number of aromatic nitrogens is 1. The van der Waals surface area contributed by atoms with Crippen molar-refractivity contribution in [3.8, 4) is 0 Å². The molecule has 0 aliphatic heterocycles. The van der Waals surface area contributed by atoms with Crippen molar-refractivity contribution in [2.45, 2.75) is 45.2 Å². The lowest BCUT2D eigenvalue weighted by molar-refractivity contribution is 0.498. The molecule has 0 bridgehead atoms. The van der Waals surface area contributed by atoms with Crippen LogP contribution in [0.4, 0.5) is 0 Å². The molecule has 1 atom stereocenters. The van der Waals surface area contributed by atoms with Gasteiger partial charge in [0.05, 0.1) is 0 Å². The third-order valence-electron chi connectivity index (χ3n) is 3.22. The molecule has 1 aromatic rings. The maximum absolute atomic E-state index is 3.40. The second-order valence-corrected chi connectivity index (χ2v) is 4.51. The Balaban J connectivity index is 2.33. The Morgan fingerprint density at radius 3 is 2.86 bits per heavy atom. The first kappa shape index (κ1) is 9.78. The van der Waals surface area contributed by atoms with Crippen LogP contribution in [0.1, 0.15) is 49.9 Å². The van der Waals surface area contributed by atoms with Gasteiger partial charge >= 0.3 is 0 Å². The van der Waals surface area contributed by atoms with Gasteiger partial charge in [-0.1, -0.05) is 0 Å². The summed E-state index contributed by atoms with van der Waals surface area (Å²) in [5.74, 6) is 0. The number of fused-ring (bicyclic) bond motifs is 1. The Labute approximate surface area is 86.3 Å². The zero-order valence-corrected chi connectivity index (χ0v) is 9.38. The lowest BCUT2D eigenvalue weighted by Gasteiger charge is -2.21. The van der Waals surface area contributed by atoms with Crippen LogP contribution in [0.5, 0.6) is 0 Å². The fourth-order valence-electron chi connectivity index (χ4n) is 2.31. The van der Waals surface area contributed by atoms with Gasteiger partial charge in [0.2, 0.25) is 0 Å². The lowest BCUT2D eigenvalue weighted by atomic mass is 9.91. The molecule has 1 N–H and O–H groups in total. The maximum Gasteiger partial charge on any atom is 0.0335 e. The molecule has 2 nitrogen and oxygen atoms in total. The zero-order chi connectivity index (χ0) is 10.1. The van der Waals surface area contributed by atoms with Crippen LogP contribution >= 0.6 is 0 Å². The van der Waals surface area contributed by atoms with Crippen molar-refractivity contribution in [3.05, 3.63) is 23.5 Å². The third kappa shape index (κ3) is 1.59. The second kappa shape index (κ2) is 3.77. The van der Waals surface area contributed by atoms with Gasteiger partial charge in [0.15, 0.2) is 0 Å². The number of aryl methyl sites for hydroxylation is 1. The number of nitrogens with one attached hydrogen (secondary N) is 1. The van der Waals surface area contributed by atoms with Crippen molar-refractivity contribution in [1.29, 1.82) is 0 Å². The smallest absolute Gasteiger partial charge is 0.0335 e. The minimum absolute atomic E-state index is 0.582. The summed E-state index contributed by atoms with van der Waals surface area (Å²) in [6.45, 7) is 4.47. The van der Waals surface area contributed by atoms with Crippen molar-refractivity contribution in [1.82, 2.24) is 9.88 Å². The summed E-state index contributed by atoms with van der Waals surface area (Å²) >= 11 is 0. The highest BCUT2D eigenvalue weighted by Crippen LogP contribution is 2.31. The van der Waals surface area contributed by atoms with Crippen LogP contribution in [0, 0.1) is 0 Å². The predicted octanol–water partition coefficient (Wildman–Crippen LogP) is 2.67. The summed E-state index contributed by atoms with van der Waals surface area (Å²) in [5.41, 5.74) is 3.07. The van der Waals surface area contributed by atoms with Crippen LogP contribution in [0.25, 0.3) is 0 Å². The quantitative estimate of drug-likeness (QED) is 0.762. The molecule has 14 heavy (non-hydrogen) atoms. The number of hydrogen-bond donors (Lipinski definition) is 1. The Morgan fingerprint density at radius 2 is 2.21 bits per heavy atom. The molecule has 78 valence electrons. The minimum Gasteiger partial charge on any atom is -0.351 e. The summed E-state index contributed by atoms with van der Waals surface area (Å²) in [7, 11) is 2.06. The first-order chi connectivity index (χ1) is 6.72. The first-order valence-electron chi connectivity index (χ1n) is 5.60. The summed E-state index contributed by atoms with van der Waals surface area (Å²) in [4.78, 5) is 0. The van der Waals surface area contributed by atoms with Gasteiger partial charge in [0, 0.05) is 24.5 Å². The fraction of sp³-hybridized carbons (Fsp3) is 0.667. The highest BCUT2D eigenvalue weighted by atomic mass is 15.0. The van der Waals surface area contributed by atoms with Gasteiger partial charge in [0.1, 0.15) is 0 Å². The topological polar surface area (TPSA) is 17.0 Å². The van der Waals surface area contributed by atoms with Crippen molar-refractivity contribution in [2.24, 2.45) is 0 Å². The minimum atomic E-state index is 0.582. The molecule has 0 fully saturated rings. The van der Waals surface area contributed by atoms with E-state index in [0.29, 0.717) is 12.1 Å². The van der Waals surface area contributed by atoms with E-state index in [4.69, 9.17) is 0 Å². The molecule has 0 radical (unpaired) electrons. The maximum atomic E-state index is 3.40. The van der Waals surface area contributed by atoms with E-state index in [0.717, 1.165) is 0 Å². The van der Waals surface area contributed by atoms with Gasteiger partial charge in [-0.3, -0.25) is 0 Å². The van der Waals surface area contributed by atoms with Crippen LogP contribution in [0.3, 0.4) is 0 Å². The molecule has 0 saturated heterocycles. The Morgan fingerprint density at radius 1 is 1.43 bits per heavy atom. The third-order valence-corrected chi connectivity index (χ3v) is 3.22. The van der Waals surface area contributed by atoms with Gasteiger partial charge < -0.3 is 9.88 Å². The predicted molar refractivity (Wildman–Crippen MR) is 59.6 cm³/mol. The van der Waals surface area contributed by atoms with Crippen molar-refractivity contribution < 1.29 is 0 Å². The molecule has 1 aromatic heterocycles. The van der Waals surface area contributed by atoms with Crippen molar-refractivity contribution >= 4 is 0 Å². The highest BCUT2D eigenvalue weighted by Gasteiger charge is 2.20. The lowest BCUT2D eigenvalue weighted by Crippen LogP contribution is -2.20. The van der Waals surface area contributed by atoms with E-state index in [1.54, 1.807) is 5.56 Å². The Kier molecular flexibility index (Phi) is 2.64. The SMILES string of the molecule is CNC1CCCc2cn(C(C)C)cc21. The van der Waals surface area contributed by atoms with Crippen LogP contribution < -0.4 is 5.32 Å². The molecular weight excluding hydrogens is 172 g/mol. The average molecular weight is 192 g/mol. The first-order valence-corrected chi connectivity index (χ1v) is 5.60. The normalized spacial score (nSPS) is 21.3. The molecule has 0 saturated carbocycles. The van der Waals surface area contributed by atoms with Gasteiger partial charge in [-0.2, -0.15) is 0 Å². The Bertz CT molecular complexity index is 312. The van der Waals surface area contributed by atoms with Crippen LogP contribution in [0.15, 0.2) is 12.4 Å². The molecule has 1 aliphatic rings. The van der Waals surface area contributed by atoms with Gasteiger partial charge in [-0.25, -0.2) is 0 Å². The standard InChI is InChI=1S/C12H20N2/c1-9(2)14-7-10-5-4-6-12(13-3)11(10)8-14/h7-9,12-13H,4-6H2,1-3H3. The summed E-state index contributed by atoms with van der Waals surface area (Å²) in [6, 6.07) is 1.16. The molecule has 0 amide bonds. The second-order valence-electron chi connectivity index (χ2n) is 4.51. The summed E-state index contributed by atoms with van der Waals surface area (Å²) in [5, 5.41) is 3.40. The number of nitrogens with zero attached hydrogens (tertiary/aromatic N) is 1. The van der Waals surface area contributed by atoms with E-state index in [2.05, 4.69) is 43.2 Å². The van der Waals surface area contributed by atoms with E-state index in [1.165, 1.54) is 24.8 Å². The fourth-order valence-corrected chi connectivity index (χ4v) is 2.31. The average Bonchev–Trinajstić information content (AvgIpc) is 2.60. The molecule has 2 rings (SSSR count). The molecule has 2 heteroatoms. The number of rotatable bonds is 2.